The van der Waals surface area contributed by atoms with Crippen LogP contribution in [0.15, 0.2) is 60.8 Å². The number of anilines is 1. The molecule has 2 heterocycles. The normalized spacial score (nSPS) is 10.4. The van der Waals surface area contributed by atoms with E-state index in [0.29, 0.717) is 17.6 Å². The first-order valence-corrected chi connectivity index (χ1v) is 8.95. The van der Waals surface area contributed by atoms with E-state index in [1.165, 1.54) is 0 Å². The predicted octanol–water partition coefficient (Wildman–Crippen LogP) is 3.28. The molecular weight excluding hydrogens is 380 g/mol. The van der Waals surface area contributed by atoms with E-state index in [9.17, 15) is 4.79 Å². The van der Waals surface area contributed by atoms with Crippen LogP contribution < -0.4 is 9.64 Å². The van der Waals surface area contributed by atoms with Gasteiger partial charge in [-0.2, -0.15) is 0 Å². The van der Waals surface area contributed by atoms with Crippen LogP contribution in [-0.4, -0.2) is 34.7 Å². The summed E-state index contributed by atoms with van der Waals surface area (Å²) in [5, 5.41) is 7.96. The van der Waals surface area contributed by atoms with Gasteiger partial charge in [-0.15, -0.1) is 10.2 Å². The fourth-order valence-electron chi connectivity index (χ4n) is 2.32. The van der Waals surface area contributed by atoms with Gasteiger partial charge in [0, 0.05) is 13.2 Å². The number of nitrogens with zero attached hydrogens (tertiary/aromatic N) is 4. The van der Waals surface area contributed by atoms with Crippen LogP contribution >= 0.6 is 11.6 Å². The highest BCUT2D eigenvalue weighted by atomic mass is 35.5. The SMILES string of the molecule is CN(CC(=O)OCc1ccc(OCc2ccccn2)cc1)c1ccc(Cl)nn1. The minimum atomic E-state index is -0.366. The second-order valence-corrected chi connectivity index (χ2v) is 6.37. The maximum Gasteiger partial charge on any atom is 0.325 e. The van der Waals surface area contributed by atoms with Crippen molar-refractivity contribution in [2.45, 2.75) is 13.2 Å². The standard InChI is InChI=1S/C20H19ClN4O3/c1-25(19-10-9-18(21)23-24-19)12-20(26)28-13-15-5-7-17(8-6-15)27-14-16-4-2-3-11-22-16/h2-11H,12-14H2,1H3. The van der Waals surface area contributed by atoms with E-state index in [2.05, 4.69) is 15.2 Å². The third-order valence-electron chi connectivity index (χ3n) is 3.81. The van der Waals surface area contributed by atoms with Gasteiger partial charge in [-0.3, -0.25) is 9.78 Å². The number of hydrogen-bond donors (Lipinski definition) is 0. The molecule has 0 aliphatic carbocycles. The minimum absolute atomic E-state index is 0.0571. The molecule has 7 nitrogen and oxygen atoms in total. The van der Waals surface area contributed by atoms with Gasteiger partial charge in [0.2, 0.25) is 0 Å². The Morgan fingerprint density at radius 3 is 2.54 bits per heavy atom. The fraction of sp³-hybridized carbons (Fsp3) is 0.200. The summed E-state index contributed by atoms with van der Waals surface area (Å²) in [5.41, 5.74) is 1.72. The summed E-state index contributed by atoms with van der Waals surface area (Å²) in [5.74, 6) is 0.896. The monoisotopic (exact) mass is 398 g/mol. The van der Waals surface area contributed by atoms with E-state index >= 15 is 0 Å². The van der Waals surface area contributed by atoms with E-state index < -0.39 is 0 Å². The van der Waals surface area contributed by atoms with Crippen LogP contribution in [0.1, 0.15) is 11.3 Å². The van der Waals surface area contributed by atoms with Crippen molar-refractivity contribution in [2.75, 3.05) is 18.5 Å². The van der Waals surface area contributed by atoms with Crippen LogP contribution in [0, 0.1) is 0 Å². The number of likely N-dealkylation sites (N-methyl/N-ethyl adjacent to an activating group) is 1. The van der Waals surface area contributed by atoms with Crippen molar-refractivity contribution in [3.05, 3.63) is 77.2 Å². The molecule has 0 aliphatic rings. The zero-order chi connectivity index (χ0) is 19.8. The number of hydrogen-bond acceptors (Lipinski definition) is 7. The lowest BCUT2D eigenvalue weighted by atomic mass is 10.2. The van der Waals surface area contributed by atoms with Crippen molar-refractivity contribution in [3.63, 3.8) is 0 Å². The lowest BCUT2D eigenvalue weighted by Crippen LogP contribution is -2.27. The Morgan fingerprint density at radius 1 is 1.04 bits per heavy atom. The summed E-state index contributed by atoms with van der Waals surface area (Å²) in [6.45, 7) is 0.635. The predicted molar refractivity (Wildman–Crippen MR) is 105 cm³/mol. The highest BCUT2D eigenvalue weighted by Crippen LogP contribution is 2.15. The molecule has 3 aromatic rings. The first-order chi connectivity index (χ1) is 13.6. The summed E-state index contributed by atoms with van der Waals surface area (Å²) in [6.07, 6.45) is 1.73. The molecule has 0 saturated carbocycles. The summed E-state index contributed by atoms with van der Waals surface area (Å²) in [4.78, 5) is 17.9. The Labute approximate surface area is 167 Å². The number of carbonyl (C=O) groups excluding carboxylic acids is 1. The third kappa shape index (κ3) is 5.92. The van der Waals surface area contributed by atoms with Crippen LogP contribution in [-0.2, 0) is 22.7 Å². The van der Waals surface area contributed by atoms with Crippen molar-refractivity contribution in [1.29, 1.82) is 0 Å². The Hall–Kier alpha value is -3.19. The topological polar surface area (TPSA) is 77.4 Å². The third-order valence-corrected chi connectivity index (χ3v) is 4.01. The molecule has 1 aromatic carbocycles. The zero-order valence-electron chi connectivity index (χ0n) is 15.3. The number of carbonyl (C=O) groups is 1. The van der Waals surface area contributed by atoms with Gasteiger partial charge in [0.25, 0.3) is 0 Å². The molecule has 144 valence electrons. The van der Waals surface area contributed by atoms with Crippen LogP contribution in [0.5, 0.6) is 5.75 Å². The lowest BCUT2D eigenvalue weighted by molar-refractivity contribution is -0.143. The van der Waals surface area contributed by atoms with Gasteiger partial charge >= 0.3 is 5.97 Å². The molecule has 0 bridgehead atoms. The van der Waals surface area contributed by atoms with Crippen molar-refractivity contribution < 1.29 is 14.3 Å². The molecule has 0 aliphatic heterocycles. The molecular formula is C20H19ClN4O3. The van der Waals surface area contributed by atoms with E-state index in [-0.39, 0.29) is 19.1 Å². The van der Waals surface area contributed by atoms with Crippen LogP contribution in [0.25, 0.3) is 0 Å². The molecule has 0 fully saturated rings. The van der Waals surface area contributed by atoms with Crippen molar-refractivity contribution in [3.8, 4) is 5.75 Å². The number of rotatable bonds is 8. The molecule has 0 N–H and O–H groups in total. The number of aromatic nitrogens is 3. The van der Waals surface area contributed by atoms with Gasteiger partial charge < -0.3 is 14.4 Å². The Balaban J connectivity index is 1.43. The number of pyridine rings is 1. The number of esters is 1. The average molecular weight is 399 g/mol. The van der Waals surface area contributed by atoms with Crippen molar-refractivity contribution in [1.82, 2.24) is 15.2 Å². The van der Waals surface area contributed by atoms with Gasteiger partial charge in [0.1, 0.15) is 25.5 Å². The second kappa shape index (κ2) is 9.66. The van der Waals surface area contributed by atoms with E-state index in [1.807, 2.05) is 42.5 Å². The molecule has 2 aromatic heterocycles. The van der Waals surface area contributed by atoms with Gasteiger partial charge in [-0.25, -0.2) is 0 Å². The molecule has 3 rings (SSSR count). The van der Waals surface area contributed by atoms with Crippen molar-refractivity contribution in [2.24, 2.45) is 0 Å². The fourth-order valence-corrected chi connectivity index (χ4v) is 2.42. The molecule has 0 saturated heterocycles. The molecule has 0 radical (unpaired) electrons. The van der Waals surface area contributed by atoms with Gasteiger partial charge in [0.15, 0.2) is 11.0 Å². The smallest absolute Gasteiger partial charge is 0.325 e. The molecule has 8 heteroatoms. The number of ether oxygens (including phenoxy) is 2. The summed E-state index contributed by atoms with van der Waals surface area (Å²) in [7, 11) is 1.73. The summed E-state index contributed by atoms with van der Waals surface area (Å²) < 4.78 is 11.0. The van der Waals surface area contributed by atoms with Crippen LogP contribution in [0.2, 0.25) is 5.15 Å². The van der Waals surface area contributed by atoms with Gasteiger partial charge in [0.05, 0.1) is 5.69 Å². The Kier molecular flexibility index (Phi) is 6.75. The Bertz CT molecular complexity index is 890. The minimum Gasteiger partial charge on any atom is -0.487 e. The van der Waals surface area contributed by atoms with E-state index in [4.69, 9.17) is 21.1 Å². The lowest BCUT2D eigenvalue weighted by Gasteiger charge is -2.16. The maximum absolute atomic E-state index is 12.0. The molecule has 0 atom stereocenters. The van der Waals surface area contributed by atoms with Crippen LogP contribution in [0.3, 0.4) is 0 Å². The number of halogens is 1. The highest BCUT2D eigenvalue weighted by Gasteiger charge is 2.10. The quantitative estimate of drug-likeness (QED) is 0.539. The zero-order valence-corrected chi connectivity index (χ0v) is 16.0. The second-order valence-electron chi connectivity index (χ2n) is 5.98. The Morgan fingerprint density at radius 2 is 1.86 bits per heavy atom. The summed E-state index contributed by atoms with van der Waals surface area (Å²) in [6, 6.07) is 16.4. The van der Waals surface area contributed by atoms with Gasteiger partial charge in [-0.1, -0.05) is 29.8 Å². The van der Waals surface area contributed by atoms with Gasteiger partial charge in [-0.05, 0) is 42.0 Å². The molecule has 0 unspecified atom stereocenters. The van der Waals surface area contributed by atoms with Crippen LogP contribution in [0.4, 0.5) is 5.82 Å². The summed E-state index contributed by atoms with van der Waals surface area (Å²) >= 11 is 5.71. The largest absolute Gasteiger partial charge is 0.487 e. The molecule has 28 heavy (non-hydrogen) atoms. The van der Waals surface area contributed by atoms with E-state index in [0.717, 1.165) is 17.0 Å². The molecule has 0 spiro atoms. The first-order valence-electron chi connectivity index (χ1n) is 8.58. The van der Waals surface area contributed by atoms with E-state index in [1.54, 1.807) is 30.3 Å². The maximum atomic E-state index is 12.0. The average Bonchev–Trinajstić information content (AvgIpc) is 2.72. The first kappa shape index (κ1) is 19.6. The number of benzene rings is 1. The highest BCUT2D eigenvalue weighted by molar-refractivity contribution is 6.29. The van der Waals surface area contributed by atoms with Crippen molar-refractivity contribution >= 4 is 23.4 Å². The molecule has 0 amide bonds.